The van der Waals surface area contributed by atoms with Gasteiger partial charge in [-0.15, -0.1) is 0 Å². The number of carboxylic acids is 1. The lowest BCUT2D eigenvalue weighted by molar-refractivity contribution is -0.148. The lowest BCUT2D eigenvalue weighted by atomic mass is 9.84. The lowest BCUT2D eigenvalue weighted by Crippen LogP contribution is -2.45. The van der Waals surface area contributed by atoms with Crippen molar-refractivity contribution >= 4 is 12.0 Å². The fraction of sp³-hybridized carbons (Fsp3) is 0.857. The molecule has 0 saturated carbocycles. The minimum Gasteiger partial charge on any atom is -0.481 e. The number of hydrogen-bond acceptors (Lipinski definition) is 3. The Morgan fingerprint density at radius 2 is 2.15 bits per heavy atom. The molecule has 0 bridgehead atoms. The molecular formula is C14H25N3O3. The highest BCUT2D eigenvalue weighted by atomic mass is 16.4. The molecular weight excluding hydrogens is 258 g/mol. The van der Waals surface area contributed by atoms with E-state index in [1.807, 2.05) is 6.92 Å². The van der Waals surface area contributed by atoms with Crippen molar-refractivity contribution < 1.29 is 14.7 Å². The Hall–Kier alpha value is -1.30. The number of nitrogens with one attached hydrogen (secondary N) is 1. The number of carbonyl (C=O) groups excluding carboxylic acids is 1. The second-order valence-corrected chi connectivity index (χ2v) is 6.07. The molecule has 20 heavy (non-hydrogen) atoms. The molecule has 2 heterocycles. The van der Waals surface area contributed by atoms with Gasteiger partial charge in [-0.2, -0.15) is 0 Å². The molecule has 114 valence electrons. The molecule has 6 heteroatoms. The van der Waals surface area contributed by atoms with Gasteiger partial charge in [-0.25, -0.2) is 4.79 Å². The predicted octanol–water partition coefficient (Wildman–Crippen LogP) is 0.977. The van der Waals surface area contributed by atoms with Crippen molar-refractivity contribution in [2.24, 2.45) is 5.41 Å². The number of amides is 2. The van der Waals surface area contributed by atoms with Crippen LogP contribution < -0.4 is 5.32 Å². The van der Waals surface area contributed by atoms with Gasteiger partial charge in [0.05, 0.1) is 5.41 Å². The number of rotatable bonds is 4. The van der Waals surface area contributed by atoms with Gasteiger partial charge in [-0.05, 0) is 39.3 Å². The maximum absolute atomic E-state index is 12.1. The first-order valence-electron chi connectivity index (χ1n) is 7.45. The maximum atomic E-state index is 12.1. The third-order valence-electron chi connectivity index (χ3n) is 4.93. The Kier molecular flexibility index (Phi) is 4.52. The number of carbonyl (C=O) groups is 2. The van der Waals surface area contributed by atoms with Crippen LogP contribution >= 0.6 is 0 Å². The number of carboxylic acid groups (broad SMARTS) is 1. The Morgan fingerprint density at radius 3 is 2.65 bits per heavy atom. The van der Waals surface area contributed by atoms with Gasteiger partial charge < -0.3 is 20.2 Å². The average molecular weight is 283 g/mol. The summed E-state index contributed by atoms with van der Waals surface area (Å²) in [4.78, 5) is 27.4. The first kappa shape index (κ1) is 15.1. The fourth-order valence-electron chi connectivity index (χ4n) is 3.21. The van der Waals surface area contributed by atoms with Crippen LogP contribution in [0.25, 0.3) is 0 Å². The molecule has 0 spiro atoms. The Bertz CT molecular complexity index is 388. The van der Waals surface area contributed by atoms with E-state index in [4.69, 9.17) is 0 Å². The van der Waals surface area contributed by atoms with Crippen molar-refractivity contribution in [1.82, 2.24) is 15.1 Å². The van der Waals surface area contributed by atoms with Crippen LogP contribution in [0.1, 0.15) is 32.6 Å². The highest BCUT2D eigenvalue weighted by molar-refractivity contribution is 5.79. The topological polar surface area (TPSA) is 72.9 Å². The van der Waals surface area contributed by atoms with Crippen molar-refractivity contribution in [2.45, 2.75) is 38.6 Å². The molecule has 2 N–H and O–H groups in total. The summed E-state index contributed by atoms with van der Waals surface area (Å²) in [5.74, 6) is -0.786. The van der Waals surface area contributed by atoms with E-state index in [1.54, 1.807) is 4.90 Å². The average Bonchev–Trinajstić information content (AvgIpc) is 3.03. The van der Waals surface area contributed by atoms with Gasteiger partial charge in [0, 0.05) is 25.7 Å². The maximum Gasteiger partial charge on any atom is 0.317 e. The molecule has 2 saturated heterocycles. The molecule has 2 rings (SSSR count). The zero-order valence-corrected chi connectivity index (χ0v) is 12.4. The van der Waals surface area contributed by atoms with Crippen LogP contribution in [0, 0.1) is 5.41 Å². The Morgan fingerprint density at radius 1 is 1.40 bits per heavy atom. The molecule has 2 fully saturated rings. The van der Waals surface area contributed by atoms with Crippen LogP contribution in [0.2, 0.25) is 0 Å². The Balaban J connectivity index is 1.83. The standard InChI is InChI=1S/C14H25N3O3/c1-3-14(12(18)19)6-8-17(10-14)13(20)15-9-11-5-4-7-16(11)2/h11H,3-10H2,1-2H3,(H,15,20)(H,18,19). The predicted molar refractivity (Wildman–Crippen MR) is 75.6 cm³/mol. The summed E-state index contributed by atoms with van der Waals surface area (Å²) in [5.41, 5.74) is -0.749. The van der Waals surface area contributed by atoms with Gasteiger partial charge in [0.2, 0.25) is 0 Å². The SMILES string of the molecule is CCC1(C(=O)O)CCN(C(=O)NCC2CCCN2C)C1. The van der Waals surface area contributed by atoms with E-state index in [0.29, 0.717) is 38.5 Å². The quantitative estimate of drug-likeness (QED) is 0.806. The molecule has 6 nitrogen and oxygen atoms in total. The molecule has 2 unspecified atom stereocenters. The van der Waals surface area contributed by atoms with Crippen LogP contribution in [-0.4, -0.2) is 66.2 Å². The highest BCUT2D eigenvalue weighted by Crippen LogP contribution is 2.34. The van der Waals surface area contributed by atoms with Crippen LogP contribution in [0.5, 0.6) is 0 Å². The molecule has 0 aromatic heterocycles. The largest absolute Gasteiger partial charge is 0.481 e. The summed E-state index contributed by atoms with van der Waals surface area (Å²) >= 11 is 0. The third kappa shape index (κ3) is 2.90. The molecule has 0 aromatic rings. The summed E-state index contributed by atoms with van der Waals surface area (Å²) < 4.78 is 0. The minimum atomic E-state index is -0.786. The van der Waals surface area contributed by atoms with Gasteiger partial charge in [-0.3, -0.25) is 4.79 Å². The number of urea groups is 1. The zero-order chi connectivity index (χ0) is 14.8. The Labute approximate surface area is 120 Å². The van der Waals surface area contributed by atoms with Crippen LogP contribution in [0.15, 0.2) is 0 Å². The normalized spacial score (nSPS) is 30.7. The summed E-state index contributed by atoms with van der Waals surface area (Å²) in [6.45, 7) is 4.47. The van der Waals surface area contributed by atoms with Crippen LogP contribution in [0.4, 0.5) is 4.79 Å². The van der Waals surface area contributed by atoms with Crippen LogP contribution in [-0.2, 0) is 4.79 Å². The van der Waals surface area contributed by atoms with Crippen molar-refractivity contribution in [1.29, 1.82) is 0 Å². The van der Waals surface area contributed by atoms with E-state index in [-0.39, 0.29) is 6.03 Å². The van der Waals surface area contributed by atoms with E-state index in [2.05, 4.69) is 17.3 Å². The molecule has 0 aliphatic carbocycles. The molecule has 2 amide bonds. The minimum absolute atomic E-state index is 0.123. The first-order chi connectivity index (χ1) is 9.48. The second kappa shape index (κ2) is 5.99. The van der Waals surface area contributed by atoms with E-state index in [0.717, 1.165) is 13.0 Å². The number of aliphatic carboxylic acids is 1. The summed E-state index contributed by atoms with van der Waals surface area (Å²) in [7, 11) is 2.08. The monoisotopic (exact) mass is 283 g/mol. The van der Waals surface area contributed by atoms with Crippen LogP contribution in [0.3, 0.4) is 0 Å². The molecule has 0 radical (unpaired) electrons. The molecule has 2 atom stereocenters. The van der Waals surface area contributed by atoms with Gasteiger partial charge >= 0.3 is 12.0 Å². The number of nitrogens with zero attached hydrogens (tertiary/aromatic N) is 2. The number of hydrogen-bond donors (Lipinski definition) is 2. The zero-order valence-electron chi connectivity index (χ0n) is 12.4. The van der Waals surface area contributed by atoms with Crippen molar-refractivity contribution in [2.75, 3.05) is 33.2 Å². The number of likely N-dealkylation sites (tertiary alicyclic amines) is 2. The molecule has 2 aliphatic heterocycles. The number of likely N-dealkylation sites (N-methyl/N-ethyl adjacent to an activating group) is 1. The van der Waals surface area contributed by atoms with Gasteiger partial charge in [0.1, 0.15) is 0 Å². The lowest BCUT2D eigenvalue weighted by Gasteiger charge is -2.25. The second-order valence-electron chi connectivity index (χ2n) is 6.07. The summed E-state index contributed by atoms with van der Waals surface area (Å²) in [6, 6.07) is 0.291. The van der Waals surface area contributed by atoms with Crippen molar-refractivity contribution in [3.05, 3.63) is 0 Å². The van der Waals surface area contributed by atoms with Crippen molar-refractivity contribution in [3.63, 3.8) is 0 Å². The van der Waals surface area contributed by atoms with Gasteiger partial charge in [0.15, 0.2) is 0 Å². The van der Waals surface area contributed by atoms with Crippen molar-refractivity contribution in [3.8, 4) is 0 Å². The summed E-state index contributed by atoms with van der Waals surface area (Å²) in [6.07, 6.45) is 3.41. The van der Waals surface area contributed by atoms with E-state index >= 15 is 0 Å². The van der Waals surface area contributed by atoms with Gasteiger partial charge in [0.25, 0.3) is 0 Å². The first-order valence-corrected chi connectivity index (χ1v) is 7.45. The van der Waals surface area contributed by atoms with E-state index < -0.39 is 11.4 Å². The molecule has 0 aromatic carbocycles. The van der Waals surface area contributed by atoms with Gasteiger partial charge in [-0.1, -0.05) is 6.92 Å². The van der Waals surface area contributed by atoms with E-state index in [9.17, 15) is 14.7 Å². The highest BCUT2D eigenvalue weighted by Gasteiger charge is 2.44. The summed E-state index contributed by atoms with van der Waals surface area (Å²) in [5, 5.41) is 12.3. The third-order valence-corrected chi connectivity index (χ3v) is 4.93. The smallest absolute Gasteiger partial charge is 0.317 e. The van der Waals surface area contributed by atoms with E-state index in [1.165, 1.54) is 6.42 Å². The molecule has 2 aliphatic rings. The fourth-order valence-corrected chi connectivity index (χ4v) is 3.21.